The van der Waals surface area contributed by atoms with Crippen LogP contribution in [0.4, 0.5) is 15.8 Å². The van der Waals surface area contributed by atoms with E-state index in [4.69, 9.17) is 5.73 Å². The number of anilines is 2. The summed E-state index contributed by atoms with van der Waals surface area (Å²) in [5.41, 5.74) is 7.40. The lowest BCUT2D eigenvalue weighted by atomic mass is 10.1. The van der Waals surface area contributed by atoms with Crippen molar-refractivity contribution in [1.82, 2.24) is 4.98 Å². The maximum Gasteiger partial charge on any atom is 0.150 e. The fourth-order valence-electron chi connectivity index (χ4n) is 2.67. The Labute approximate surface area is 112 Å². The van der Waals surface area contributed by atoms with Gasteiger partial charge in [-0.05, 0) is 37.0 Å². The third-order valence-electron chi connectivity index (χ3n) is 3.79. The molecule has 3 N–H and O–H groups in total. The molecule has 0 bridgehead atoms. The summed E-state index contributed by atoms with van der Waals surface area (Å²) in [6.07, 6.45) is 5.15. The topological polar surface area (TPSA) is 50.9 Å². The summed E-state index contributed by atoms with van der Waals surface area (Å²) < 4.78 is 14.1. The maximum atomic E-state index is 14.1. The predicted molar refractivity (Wildman–Crippen MR) is 76.5 cm³/mol. The average Bonchev–Trinajstić information content (AvgIpc) is 3.13. The number of pyridine rings is 1. The molecule has 0 saturated heterocycles. The van der Waals surface area contributed by atoms with E-state index in [1.54, 1.807) is 6.20 Å². The molecule has 1 aromatic heterocycles. The van der Waals surface area contributed by atoms with Crippen molar-refractivity contribution in [2.45, 2.75) is 32.2 Å². The van der Waals surface area contributed by atoms with Crippen LogP contribution in [0.15, 0.2) is 24.4 Å². The monoisotopic (exact) mass is 259 g/mol. The molecule has 2 unspecified atom stereocenters. The number of nitrogens with one attached hydrogen (secondary N) is 1. The van der Waals surface area contributed by atoms with Gasteiger partial charge in [0.1, 0.15) is 0 Å². The summed E-state index contributed by atoms with van der Waals surface area (Å²) >= 11 is 0. The highest BCUT2D eigenvalue weighted by Gasteiger charge is 2.36. The number of nitrogen functional groups attached to an aromatic ring is 1. The average molecular weight is 259 g/mol. The van der Waals surface area contributed by atoms with Gasteiger partial charge in [-0.15, -0.1) is 0 Å². The lowest BCUT2D eigenvalue weighted by Crippen LogP contribution is -2.08. The van der Waals surface area contributed by atoms with E-state index in [2.05, 4.69) is 17.2 Å². The van der Waals surface area contributed by atoms with Crippen LogP contribution >= 0.6 is 0 Å². The molecule has 2 atom stereocenters. The van der Waals surface area contributed by atoms with E-state index in [-0.39, 0.29) is 5.82 Å². The molecule has 4 heteroatoms. The molecule has 3 nitrogen and oxygen atoms in total. The number of fused-ring (bicyclic) bond motifs is 1. The highest BCUT2D eigenvalue weighted by atomic mass is 19.1. The van der Waals surface area contributed by atoms with Crippen molar-refractivity contribution in [2.75, 3.05) is 11.1 Å². The van der Waals surface area contributed by atoms with Gasteiger partial charge in [0, 0.05) is 23.3 Å². The van der Waals surface area contributed by atoms with E-state index in [0.717, 1.165) is 11.8 Å². The second-order valence-electron chi connectivity index (χ2n) is 5.26. The van der Waals surface area contributed by atoms with E-state index < -0.39 is 0 Å². The molecule has 1 aliphatic carbocycles. The first kappa shape index (κ1) is 12.2. The van der Waals surface area contributed by atoms with E-state index >= 15 is 0 Å². The Morgan fingerprint density at radius 1 is 1.53 bits per heavy atom. The number of aromatic nitrogens is 1. The van der Waals surface area contributed by atoms with Crippen molar-refractivity contribution >= 4 is 22.3 Å². The van der Waals surface area contributed by atoms with E-state index in [9.17, 15) is 4.39 Å². The van der Waals surface area contributed by atoms with Gasteiger partial charge in [-0.25, -0.2) is 4.39 Å². The van der Waals surface area contributed by atoms with Crippen molar-refractivity contribution < 1.29 is 4.39 Å². The first-order chi connectivity index (χ1) is 9.20. The number of halogens is 1. The SMILES string of the molecule is CCCC1CC1Nc1c(F)cc(N)c2cccnc12. The van der Waals surface area contributed by atoms with Crippen molar-refractivity contribution in [1.29, 1.82) is 0 Å². The fraction of sp³-hybridized carbons (Fsp3) is 0.400. The predicted octanol–water partition coefficient (Wildman–Crippen LogP) is 3.56. The summed E-state index contributed by atoms with van der Waals surface area (Å²) in [5, 5.41) is 4.10. The van der Waals surface area contributed by atoms with Gasteiger partial charge >= 0.3 is 0 Å². The van der Waals surface area contributed by atoms with Crippen LogP contribution in [0.1, 0.15) is 26.2 Å². The van der Waals surface area contributed by atoms with Crippen LogP contribution in [0.5, 0.6) is 0 Å². The minimum Gasteiger partial charge on any atom is -0.398 e. The summed E-state index contributed by atoms with van der Waals surface area (Å²) in [7, 11) is 0. The van der Waals surface area contributed by atoms with E-state index in [1.807, 2.05) is 12.1 Å². The van der Waals surface area contributed by atoms with Crippen LogP contribution < -0.4 is 11.1 Å². The molecule has 3 rings (SSSR count). The molecular formula is C15H18FN3. The summed E-state index contributed by atoms with van der Waals surface area (Å²) in [6, 6.07) is 5.45. The van der Waals surface area contributed by atoms with E-state index in [0.29, 0.717) is 28.9 Å². The first-order valence-corrected chi connectivity index (χ1v) is 6.80. The van der Waals surface area contributed by atoms with Gasteiger partial charge in [0.15, 0.2) is 5.82 Å². The third kappa shape index (κ3) is 2.23. The van der Waals surface area contributed by atoms with Gasteiger partial charge in [0.25, 0.3) is 0 Å². The molecule has 0 amide bonds. The molecular weight excluding hydrogens is 241 g/mol. The molecule has 1 aromatic carbocycles. The largest absolute Gasteiger partial charge is 0.398 e. The van der Waals surface area contributed by atoms with E-state index in [1.165, 1.54) is 18.9 Å². The smallest absolute Gasteiger partial charge is 0.150 e. The van der Waals surface area contributed by atoms with Crippen LogP contribution in [0.25, 0.3) is 10.9 Å². The zero-order valence-electron chi connectivity index (χ0n) is 11.0. The van der Waals surface area contributed by atoms with Gasteiger partial charge in [0.2, 0.25) is 0 Å². The highest BCUT2D eigenvalue weighted by Crippen LogP contribution is 2.39. The second-order valence-corrected chi connectivity index (χ2v) is 5.26. The van der Waals surface area contributed by atoms with Crippen LogP contribution in [-0.4, -0.2) is 11.0 Å². The minimum absolute atomic E-state index is 0.314. The maximum absolute atomic E-state index is 14.1. The molecule has 1 fully saturated rings. The summed E-state index contributed by atoms with van der Waals surface area (Å²) in [4.78, 5) is 4.27. The number of nitrogens with two attached hydrogens (primary N) is 1. The van der Waals surface area contributed by atoms with Crippen LogP contribution in [-0.2, 0) is 0 Å². The van der Waals surface area contributed by atoms with Crippen molar-refractivity contribution in [3.05, 3.63) is 30.2 Å². The summed E-state index contributed by atoms with van der Waals surface area (Å²) in [5.74, 6) is 0.353. The zero-order chi connectivity index (χ0) is 13.4. The van der Waals surface area contributed by atoms with Crippen LogP contribution in [0.2, 0.25) is 0 Å². The molecule has 100 valence electrons. The van der Waals surface area contributed by atoms with Crippen LogP contribution in [0, 0.1) is 11.7 Å². The molecule has 1 saturated carbocycles. The lowest BCUT2D eigenvalue weighted by Gasteiger charge is -2.11. The molecule has 1 heterocycles. The Balaban J connectivity index is 1.95. The van der Waals surface area contributed by atoms with Crippen LogP contribution in [0.3, 0.4) is 0 Å². The Bertz CT molecular complexity index is 612. The lowest BCUT2D eigenvalue weighted by molar-refractivity contribution is 0.630. The Kier molecular flexibility index (Phi) is 3.01. The standard InChI is InChI=1S/C15H18FN3/c1-2-4-9-7-13(9)19-15-11(16)8-12(17)10-5-3-6-18-14(10)15/h3,5-6,8-9,13,19H,2,4,7,17H2,1H3. The van der Waals surface area contributed by atoms with Gasteiger partial charge in [-0.3, -0.25) is 4.98 Å². The number of hydrogen-bond acceptors (Lipinski definition) is 3. The third-order valence-corrected chi connectivity index (χ3v) is 3.79. The quantitative estimate of drug-likeness (QED) is 0.825. The molecule has 0 spiro atoms. The fourth-order valence-corrected chi connectivity index (χ4v) is 2.67. The van der Waals surface area contributed by atoms with Gasteiger partial charge in [-0.1, -0.05) is 13.3 Å². The normalized spacial score (nSPS) is 21.6. The number of nitrogens with zero attached hydrogens (tertiary/aromatic N) is 1. The number of hydrogen-bond donors (Lipinski definition) is 2. The molecule has 0 aliphatic heterocycles. The highest BCUT2D eigenvalue weighted by molar-refractivity contribution is 5.98. The van der Waals surface area contributed by atoms with Gasteiger partial charge in [-0.2, -0.15) is 0 Å². The Morgan fingerprint density at radius 3 is 3.16 bits per heavy atom. The van der Waals surface area contributed by atoms with Gasteiger partial charge < -0.3 is 11.1 Å². The Hall–Kier alpha value is -1.84. The van der Waals surface area contributed by atoms with Gasteiger partial charge in [0.05, 0.1) is 11.2 Å². The molecule has 0 radical (unpaired) electrons. The van der Waals surface area contributed by atoms with Crippen molar-refractivity contribution in [3.63, 3.8) is 0 Å². The minimum atomic E-state index is -0.314. The molecule has 1 aliphatic rings. The molecule has 2 aromatic rings. The zero-order valence-corrected chi connectivity index (χ0v) is 11.0. The van der Waals surface area contributed by atoms with Crippen molar-refractivity contribution in [3.8, 4) is 0 Å². The number of rotatable bonds is 4. The molecule has 19 heavy (non-hydrogen) atoms. The summed E-state index contributed by atoms with van der Waals surface area (Å²) in [6.45, 7) is 2.18. The van der Waals surface area contributed by atoms with Crippen molar-refractivity contribution in [2.24, 2.45) is 5.92 Å². The Morgan fingerprint density at radius 2 is 2.37 bits per heavy atom. The second kappa shape index (κ2) is 4.68. The number of benzene rings is 1. The first-order valence-electron chi connectivity index (χ1n) is 6.80.